The molecule has 1 amide bonds. The summed E-state index contributed by atoms with van der Waals surface area (Å²) in [6.45, 7) is 7.83. The minimum atomic E-state index is -0.778. The van der Waals surface area contributed by atoms with Crippen LogP contribution in [-0.2, 0) is 5.41 Å². The molecule has 0 aliphatic heterocycles. The lowest BCUT2D eigenvalue weighted by Crippen LogP contribution is -2.20. The van der Waals surface area contributed by atoms with E-state index >= 15 is 0 Å². The third kappa shape index (κ3) is 4.74. The number of nitrogens with one attached hydrogen (secondary N) is 2. The molecule has 0 unspecified atom stereocenters. The summed E-state index contributed by atoms with van der Waals surface area (Å²) in [6.07, 6.45) is 0. The molecule has 29 heavy (non-hydrogen) atoms. The maximum absolute atomic E-state index is 13.9. The maximum atomic E-state index is 13.9. The van der Waals surface area contributed by atoms with Crippen LogP contribution in [0, 0.1) is 18.6 Å². The zero-order valence-electron chi connectivity index (χ0n) is 16.7. The van der Waals surface area contributed by atoms with Crippen molar-refractivity contribution in [3.63, 3.8) is 0 Å². The Morgan fingerprint density at radius 3 is 2.28 bits per heavy atom. The molecule has 0 spiro atoms. The molecular formula is C22H22F2N4O. The summed E-state index contributed by atoms with van der Waals surface area (Å²) in [7, 11) is 0. The van der Waals surface area contributed by atoms with Gasteiger partial charge >= 0.3 is 0 Å². The van der Waals surface area contributed by atoms with Crippen molar-refractivity contribution in [2.75, 3.05) is 10.6 Å². The van der Waals surface area contributed by atoms with Crippen LogP contribution in [-0.4, -0.2) is 15.9 Å². The average Bonchev–Trinajstić information content (AvgIpc) is 2.64. The summed E-state index contributed by atoms with van der Waals surface area (Å²) in [5.41, 5.74) is 1.68. The summed E-state index contributed by atoms with van der Waals surface area (Å²) in [4.78, 5) is 21.1. The first-order chi connectivity index (χ1) is 13.6. The number of carbonyl (C=O) groups excluding carboxylic acids is 1. The fourth-order valence-electron chi connectivity index (χ4n) is 2.90. The van der Waals surface area contributed by atoms with Crippen molar-refractivity contribution in [3.05, 3.63) is 77.1 Å². The number of nitrogens with zero attached hydrogens (tertiary/aromatic N) is 2. The van der Waals surface area contributed by atoms with Crippen LogP contribution in [0.5, 0.6) is 0 Å². The number of rotatable bonds is 4. The van der Waals surface area contributed by atoms with Crippen molar-refractivity contribution >= 4 is 23.2 Å². The van der Waals surface area contributed by atoms with Gasteiger partial charge in [-0.3, -0.25) is 4.79 Å². The number of carbonyl (C=O) groups is 1. The van der Waals surface area contributed by atoms with Crippen LogP contribution in [0.1, 0.15) is 42.5 Å². The van der Waals surface area contributed by atoms with Crippen molar-refractivity contribution < 1.29 is 13.6 Å². The van der Waals surface area contributed by atoms with Crippen LogP contribution in [0.25, 0.3) is 0 Å². The van der Waals surface area contributed by atoms with Crippen molar-refractivity contribution in [1.82, 2.24) is 9.97 Å². The topological polar surface area (TPSA) is 66.9 Å². The standard InChI is InChI=1S/C22H22F2N4O/c1-13-12-18(20(29)26-17-11-6-5-8-14(17)22(2,3)4)27-21(25-13)28-19-15(23)9-7-10-16(19)24/h5-12H,1-4H3,(H,26,29)(H,25,27,28). The Bertz CT molecular complexity index is 1040. The quantitative estimate of drug-likeness (QED) is 0.623. The third-order valence-electron chi connectivity index (χ3n) is 4.27. The van der Waals surface area contributed by atoms with E-state index in [0.29, 0.717) is 11.4 Å². The number of halogens is 2. The van der Waals surface area contributed by atoms with E-state index in [2.05, 4.69) is 41.4 Å². The van der Waals surface area contributed by atoms with Crippen molar-refractivity contribution in [2.45, 2.75) is 33.1 Å². The first kappa shape index (κ1) is 20.4. The predicted octanol–water partition coefficient (Wildman–Crippen LogP) is 5.36. The molecule has 0 bridgehead atoms. The van der Waals surface area contributed by atoms with Gasteiger partial charge in [0, 0.05) is 11.4 Å². The SMILES string of the molecule is Cc1cc(C(=O)Nc2ccccc2C(C)(C)C)nc(Nc2c(F)cccc2F)n1. The first-order valence-corrected chi connectivity index (χ1v) is 9.13. The molecule has 1 aromatic heterocycles. The van der Waals surface area contributed by atoms with Gasteiger partial charge in [0.05, 0.1) is 0 Å². The molecule has 3 aromatic rings. The molecule has 0 fully saturated rings. The number of hydrogen-bond acceptors (Lipinski definition) is 4. The van der Waals surface area contributed by atoms with Crippen molar-refractivity contribution in [2.24, 2.45) is 0 Å². The fourth-order valence-corrected chi connectivity index (χ4v) is 2.90. The summed E-state index contributed by atoms with van der Waals surface area (Å²) in [5, 5.41) is 5.39. The van der Waals surface area contributed by atoms with E-state index in [1.807, 2.05) is 24.3 Å². The molecule has 0 radical (unpaired) electrons. The molecular weight excluding hydrogens is 374 g/mol. The summed E-state index contributed by atoms with van der Waals surface area (Å²) < 4.78 is 27.8. The molecule has 2 N–H and O–H groups in total. The highest BCUT2D eigenvalue weighted by Gasteiger charge is 2.20. The highest BCUT2D eigenvalue weighted by atomic mass is 19.1. The number of hydrogen-bond donors (Lipinski definition) is 2. The molecule has 7 heteroatoms. The van der Waals surface area contributed by atoms with Gasteiger partial charge in [-0.2, -0.15) is 0 Å². The average molecular weight is 396 g/mol. The zero-order chi connectivity index (χ0) is 21.2. The molecule has 0 atom stereocenters. The Morgan fingerprint density at radius 2 is 1.62 bits per heavy atom. The van der Waals surface area contributed by atoms with E-state index in [1.165, 1.54) is 12.1 Å². The first-order valence-electron chi connectivity index (χ1n) is 9.13. The molecule has 3 rings (SSSR count). The lowest BCUT2D eigenvalue weighted by molar-refractivity contribution is 0.102. The highest BCUT2D eigenvalue weighted by Crippen LogP contribution is 2.29. The van der Waals surface area contributed by atoms with E-state index in [4.69, 9.17) is 0 Å². The fraction of sp³-hybridized carbons (Fsp3) is 0.227. The Balaban J connectivity index is 1.90. The normalized spacial score (nSPS) is 11.2. The summed E-state index contributed by atoms with van der Waals surface area (Å²) in [6, 6.07) is 12.5. The predicted molar refractivity (Wildman–Crippen MR) is 110 cm³/mol. The van der Waals surface area contributed by atoms with Gasteiger partial charge in [-0.05, 0) is 42.2 Å². The second-order valence-electron chi connectivity index (χ2n) is 7.69. The van der Waals surface area contributed by atoms with E-state index in [0.717, 1.165) is 17.7 Å². The Labute approximate surface area is 168 Å². The van der Waals surface area contributed by atoms with Gasteiger partial charge in [-0.1, -0.05) is 45.0 Å². The smallest absolute Gasteiger partial charge is 0.274 e. The molecule has 0 saturated heterocycles. The van der Waals surface area contributed by atoms with Crippen LogP contribution in [0.2, 0.25) is 0 Å². The van der Waals surface area contributed by atoms with Crippen LogP contribution < -0.4 is 10.6 Å². The lowest BCUT2D eigenvalue weighted by atomic mass is 9.86. The largest absolute Gasteiger partial charge is 0.320 e. The maximum Gasteiger partial charge on any atom is 0.274 e. The van der Waals surface area contributed by atoms with Gasteiger partial charge in [0.15, 0.2) is 0 Å². The number of aryl methyl sites for hydroxylation is 1. The van der Waals surface area contributed by atoms with E-state index in [9.17, 15) is 13.6 Å². The molecule has 1 heterocycles. The summed E-state index contributed by atoms with van der Waals surface area (Å²) >= 11 is 0. The Hall–Kier alpha value is -3.35. The van der Waals surface area contributed by atoms with E-state index in [-0.39, 0.29) is 22.7 Å². The number of aromatic nitrogens is 2. The second kappa shape index (κ2) is 7.95. The van der Waals surface area contributed by atoms with Crippen molar-refractivity contribution in [3.8, 4) is 0 Å². The van der Waals surface area contributed by atoms with Crippen LogP contribution in [0.4, 0.5) is 26.1 Å². The Morgan fingerprint density at radius 1 is 0.966 bits per heavy atom. The lowest BCUT2D eigenvalue weighted by Gasteiger charge is -2.23. The third-order valence-corrected chi connectivity index (χ3v) is 4.27. The number of para-hydroxylation sites is 2. The highest BCUT2D eigenvalue weighted by molar-refractivity contribution is 6.03. The van der Waals surface area contributed by atoms with Gasteiger partial charge in [0.2, 0.25) is 5.95 Å². The minimum absolute atomic E-state index is 0.0664. The van der Waals surface area contributed by atoms with Gasteiger partial charge in [-0.15, -0.1) is 0 Å². The van der Waals surface area contributed by atoms with Gasteiger partial charge in [-0.25, -0.2) is 18.7 Å². The van der Waals surface area contributed by atoms with Crippen LogP contribution in [0.15, 0.2) is 48.5 Å². The monoisotopic (exact) mass is 396 g/mol. The molecule has 0 aliphatic carbocycles. The molecule has 0 saturated carbocycles. The molecule has 5 nitrogen and oxygen atoms in total. The van der Waals surface area contributed by atoms with Gasteiger partial charge in [0.1, 0.15) is 23.0 Å². The van der Waals surface area contributed by atoms with E-state index < -0.39 is 17.5 Å². The van der Waals surface area contributed by atoms with E-state index in [1.54, 1.807) is 6.92 Å². The number of amides is 1. The van der Waals surface area contributed by atoms with Gasteiger partial charge in [0.25, 0.3) is 5.91 Å². The van der Waals surface area contributed by atoms with Crippen LogP contribution in [0.3, 0.4) is 0 Å². The minimum Gasteiger partial charge on any atom is -0.320 e. The molecule has 2 aromatic carbocycles. The van der Waals surface area contributed by atoms with Gasteiger partial charge < -0.3 is 10.6 Å². The number of anilines is 3. The number of benzene rings is 2. The molecule has 0 aliphatic rings. The van der Waals surface area contributed by atoms with Crippen molar-refractivity contribution in [1.29, 1.82) is 0 Å². The second-order valence-corrected chi connectivity index (χ2v) is 7.69. The zero-order valence-corrected chi connectivity index (χ0v) is 16.7. The molecule has 150 valence electrons. The Kier molecular flexibility index (Phi) is 5.59. The van der Waals surface area contributed by atoms with Crippen LogP contribution >= 0.6 is 0 Å². The summed E-state index contributed by atoms with van der Waals surface area (Å²) in [5.74, 6) is -2.06.